The van der Waals surface area contributed by atoms with Gasteiger partial charge in [0, 0.05) is 6.54 Å². The van der Waals surface area contributed by atoms with Crippen molar-refractivity contribution >= 4 is 65.2 Å². The summed E-state index contributed by atoms with van der Waals surface area (Å²) in [6.07, 6.45) is -0.811. The minimum Gasteiger partial charge on any atom is -0.481 e. The Kier molecular flexibility index (Phi) is 30.6. The van der Waals surface area contributed by atoms with Crippen LogP contribution in [0.2, 0.25) is 0 Å². The fraction of sp³-hybridized carbons (Fsp3) is 0.761. The SMILES string of the molecule is CC[C@H](C)[C@H](NC(=O)[C@@H](N)CC(=O)O)C(=O)N[C@@H](CCCN=C(N)N)C(=O)N[C@@H](CC(C)C)C(=O)N[C@@H](C)C(=O)N[C@@H](CCCCN)C(=O)N[C@H](C(=O)N[C@@H](CC(C)C)C(=O)N[C@H](C(=O)O)C(C)C)[C@@H](C)O. The summed E-state index contributed by atoms with van der Waals surface area (Å²) in [7, 11) is 0. The van der Waals surface area contributed by atoms with Crippen LogP contribution in [0.1, 0.15) is 127 Å². The summed E-state index contributed by atoms with van der Waals surface area (Å²) in [5, 5.41) is 49.7. The van der Waals surface area contributed by atoms with Crippen molar-refractivity contribution in [1.29, 1.82) is 0 Å². The van der Waals surface area contributed by atoms with Crippen molar-refractivity contribution in [2.75, 3.05) is 13.1 Å². The van der Waals surface area contributed by atoms with Crippen LogP contribution < -0.4 is 65.5 Å². The maximum Gasteiger partial charge on any atom is 0.326 e. The lowest BCUT2D eigenvalue weighted by atomic mass is 9.96. The summed E-state index contributed by atoms with van der Waals surface area (Å²) < 4.78 is 0. The molecule has 26 nitrogen and oxygen atoms in total. The van der Waals surface area contributed by atoms with Gasteiger partial charge in [-0.2, -0.15) is 0 Å². The van der Waals surface area contributed by atoms with Gasteiger partial charge in [-0.1, -0.05) is 61.8 Å². The number of nitrogens with two attached hydrogens (primary N) is 4. The van der Waals surface area contributed by atoms with Gasteiger partial charge >= 0.3 is 11.9 Å². The number of aliphatic carboxylic acids is 2. The summed E-state index contributed by atoms with van der Waals surface area (Å²) in [5.74, 6) is -11.0. The van der Waals surface area contributed by atoms with Crippen molar-refractivity contribution in [2.24, 2.45) is 51.6 Å². The molecule has 0 fully saturated rings. The Labute approximate surface area is 422 Å². The van der Waals surface area contributed by atoms with Gasteiger partial charge in [0.1, 0.15) is 48.3 Å². The maximum absolute atomic E-state index is 14.0. The van der Waals surface area contributed by atoms with Crippen molar-refractivity contribution in [3.05, 3.63) is 0 Å². The lowest BCUT2D eigenvalue weighted by molar-refractivity contribution is -0.143. The van der Waals surface area contributed by atoms with Crippen molar-refractivity contribution in [2.45, 2.75) is 188 Å². The van der Waals surface area contributed by atoms with Crippen molar-refractivity contribution in [3.8, 4) is 0 Å². The van der Waals surface area contributed by atoms with Crippen LogP contribution in [0.15, 0.2) is 4.99 Å². The van der Waals surface area contributed by atoms with E-state index >= 15 is 0 Å². The van der Waals surface area contributed by atoms with Gasteiger partial charge in [-0.25, -0.2) is 4.79 Å². The number of carboxylic acids is 2. The lowest BCUT2D eigenvalue weighted by Gasteiger charge is -2.29. The number of aliphatic imine (C=N–C) groups is 1. The van der Waals surface area contributed by atoms with Crippen molar-refractivity contribution in [1.82, 2.24) is 42.5 Å². The molecule has 0 bridgehead atoms. The van der Waals surface area contributed by atoms with Gasteiger partial charge < -0.3 is 80.8 Å². The summed E-state index contributed by atoms with van der Waals surface area (Å²) in [4.78, 5) is 136. The first-order chi connectivity index (χ1) is 33.5. The Bertz CT molecular complexity index is 1840. The first-order valence-corrected chi connectivity index (χ1v) is 24.5. The van der Waals surface area contributed by atoms with E-state index in [1.54, 1.807) is 55.4 Å². The number of nitrogens with zero attached hydrogens (tertiary/aromatic N) is 1. The van der Waals surface area contributed by atoms with E-state index in [0.29, 0.717) is 19.3 Å². The van der Waals surface area contributed by atoms with Crippen LogP contribution in [0.4, 0.5) is 0 Å². The number of amides is 8. The molecule has 0 rings (SSSR count). The second-order valence-electron chi connectivity index (χ2n) is 19.3. The van der Waals surface area contributed by atoms with Crippen LogP contribution in [0, 0.1) is 23.7 Å². The van der Waals surface area contributed by atoms with Gasteiger partial charge in [0.05, 0.1) is 18.6 Å². The monoisotopic (exact) mass is 1030 g/mol. The van der Waals surface area contributed by atoms with Crippen LogP contribution in [-0.2, 0) is 47.9 Å². The number of carbonyl (C=O) groups excluding carboxylic acids is 8. The number of unbranched alkanes of at least 4 members (excludes halogenated alkanes) is 1. The van der Waals surface area contributed by atoms with Gasteiger partial charge in [0.25, 0.3) is 0 Å². The highest BCUT2D eigenvalue weighted by molar-refractivity contribution is 5.98. The fourth-order valence-electron chi connectivity index (χ4n) is 7.08. The van der Waals surface area contributed by atoms with Gasteiger partial charge in [0.15, 0.2) is 5.96 Å². The van der Waals surface area contributed by atoms with E-state index in [2.05, 4.69) is 47.5 Å². The number of aliphatic hydroxyl groups is 1. The summed E-state index contributed by atoms with van der Waals surface area (Å²) in [6, 6.07) is -12.1. The Morgan fingerprint density at radius 3 is 1.42 bits per heavy atom. The van der Waals surface area contributed by atoms with Gasteiger partial charge in [-0.15, -0.1) is 0 Å². The van der Waals surface area contributed by atoms with E-state index < -0.39 is 138 Å². The molecule has 0 unspecified atom stereocenters. The number of aliphatic hydroxyl groups excluding tert-OH is 1. The first kappa shape index (κ1) is 65.8. The number of carbonyl (C=O) groups is 10. The van der Waals surface area contributed by atoms with E-state index in [9.17, 15) is 58.2 Å². The average molecular weight is 1030 g/mol. The molecule has 72 heavy (non-hydrogen) atoms. The number of rotatable bonds is 35. The van der Waals surface area contributed by atoms with E-state index in [-0.39, 0.29) is 63.0 Å². The topological polar surface area (TPSA) is 444 Å². The zero-order valence-corrected chi connectivity index (χ0v) is 43.5. The third-order valence-electron chi connectivity index (χ3n) is 11.4. The quantitative estimate of drug-likeness (QED) is 0.0172. The maximum atomic E-state index is 14.0. The molecule has 0 aromatic rings. The first-order valence-electron chi connectivity index (χ1n) is 24.5. The Balaban J connectivity index is 6.50. The summed E-state index contributed by atoms with van der Waals surface area (Å²) >= 11 is 0. The fourth-order valence-corrected chi connectivity index (χ4v) is 7.08. The van der Waals surface area contributed by atoms with E-state index in [1.165, 1.54) is 13.8 Å². The van der Waals surface area contributed by atoms with Crippen molar-refractivity contribution < 1.29 is 63.3 Å². The predicted octanol–water partition coefficient (Wildman–Crippen LogP) is -2.87. The molecule has 11 atom stereocenters. The van der Waals surface area contributed by atoms with E-state index in [4.69, 9.17) is 28.0 Å². The largest absolute Gasteiger partial charge is 0.481 e. The number of hydrogen-bond donors (Lipinski definition) is 15. The minimum atomic E-state index is -1.64. The zero-order chi connectivity index (χ0) is 55.6. The van der Waals surface area contributed by atoms with Crippen LogP contribution in [0.5, 0.6) is 0 Å². The number of hydrogen-bond acceptors (Lipinski definition) is 14. The predicted molar refractivity (Wildman–Crippen MR) is 267 cm³/mol. The molecular weight excluding hydrogens is 943 g/mol. The van der Waals surface area contributed by atoms with Crippen LogP contribution in [-0.4, -0.2) is 154 Å². The number of carboxylic acid groups (broad SMARTS) is 2. The molecule has 0 aliphatic carbocycles. The Morgan fingerprint density at radius 2 is 0.958 bits per heavy atom. The molecule has 8 amide bonds. The Morgan fingerprint density at radius 1 is 0.528 bits per heavy atom. The molecule has 0 aromatic heterocycles. The van der Waals surface area contributed by atoms with Crippen LogP contribution >= 0.6 is 0 Å². The Hall–Kier alpha value is -6.15. The molecular formula is C46H85N13O13. The molecule has 0 aromatic carbocycles. The molecule has 19 N–H and O–H groups in total. The molecule has 0 heterocycles. The highest BCUT2D eigenvalue weighted by Gasteiger charge is 2.36. The number of guanidine groups is 1. The highest BCUT2D eigenvalue weighted by Crippen LogP contribution is 2.13. The molecule has 0 saturated carbocycles. The number of nitrogens with one attached hydrogen (secondary N) is 8. The van der Waals surface area contributed by atoms with E-state index in [0.717, 1.165) is 0 Å². The standard InChI is InChI=1S/C46H85N13O13/c1-11-25(8)35(58-38(64)28(48)21-33(61)62)43(69)54-30(16-14-18-51-46(49)50)39(65)55-31(19-22(2)3)41(67)52-26(9)37(63)53-29(15-12-13-17-47)40(66)59-36(27(10)60)44(70)56-32(20-23(4)5)42(68)57-34(24(6)7)45(71)72/h22-32,34-36,60H,11-21,47-48H2,1-10H3,(H,52,67)(H,53,63)(H,54,69)(H,55,65)(H,56,70)(H,57,68)(H,58,64)(H,59,66)(H,61,62)(H,71,72)(H4,49,50,51)/t25-,26-,27+,28-,29-,30-,31-,32-,34-,35-,36-/m0/s1. The molecule has 26 heteroatoms. The molecule has 412 valence electrons. The molecule has 0 radical (unpaired) electrons. The molecule has 0 spiro atoms. The van der Waals surface area contributed by atoms with Gasteiger partial charge in [-0.3, -0.25) is 48.1 Å². The summed E-state index contributed by atoms with van der Waals surface area (Å²) in [5.41, 5.74) is 22.3. The second kappa shape index (κ2) is 33.5. The second-order valence-corrected chi connectivity index (χ2v) is 19.3. The average Bonchev–Trinajstić information content (AvgIpc) is 3.27. The minimum absolute atomic E-state index is 0.00673. The van der Waals surface area contributed by atoms with Crippen LogP contribution in [0.25, 0.3) is 0 Å². The third-order valence-corrected chi connectivity index (χ3v) is 11.4. The van der Waals surface area contributed by atoms with E-state index in [1.807, 2.05) is 0 Å². The molecule has 0 aliphatic rings. The van der Waals surface area contributed by atoms with Crippen LogP contribution in [0.3, 0.4) is 0 Å². The summed E-state index contributed by atoms with van der Waals surface area (Å²) in [6.45, 7) is 16.6. The lowest BCUT2D eigenvalue weighted by Crippen LogP contribution is -2.61. The third kappa shape index (κ3) is 25.3. The van der Waals surface area contributed by atoms with Gasteiger partial charge in [-0.05, 0) is 89.0 Å². The normalized spacial score (nSPS) is 15.9. The molecule has 0 saturated heterocycles. The molecule has 0 aliphatic heterocycles. The zero-order valence-electron chi connectivity index (χ0n) is 43.5. The van der Waals surface area contributed by atoms with Gasteiger partial charge in [0.2, 0.25) is 47.3 Å². The van der Waals surface area contributed by atoms with Crippen molar-refractivity contribution in [3.63, 3.8) is 0 Å². The highest BCUT2D eigenvalue weighted by atomic mass is 16.4. The smallest absolute Gasteiger partial charge is 0.326 e.